The lowest BCUT2D eigenvalue weighted by Gasteiger charge is -2.10. The van der Waals surface area contributed by atoms with Crippen LogP contribution in [0.3, 0.4) is 0 Å². The third-order valence-corrected chi connectivity index (χ3v) is 3.53. The van der Waals surface area contributed by atoms with Gasteiger partial charge in [-0.2, -0.15) is 0 Å². The normalized spacial score (nSPS) is 11.4. The van der Waals surface area contributed by atoms with Crippen molar-refractivity contribution in [2.24, 2.45) is 0 Å². The van der Waals surface area contributed by atoms with E-state index in [0.717, 1.165) is 0 Å². The Bertz CT molecular complexity index is 473. The van der Waals surface area contributed by atoms with Gasteiger partial charge in [-0.25, -0.2) is 13.1 Å². The molecule has 4 N–H and O–H groups in total. The zero-order valence-electron chi connectivity index (χ0n) is 9.51. The van der Waals surface area contributed by atoms with E-state index in [4.69, 9.17) is 15.6 Å². The molecule has 0 aliphatic carbocycles. The number of hydrogen-bond donors (Lipinski definition) is 3. The highest BCUT2D eigenvalue weighted by Crippen LogP contribution is 2.24. The molecule has 0 aliphatic rings. The summed E-state index contributed by atoms with van der Waals surface area (Å²) >= 11 is 0. The summed E-state index contributed by atoms with van der Waals surface area (Å²) in [7, 11) is -2.16. The molecule has 0 spiro atoms. The Kier molecular flexibility index (Phi) is 4.73. The van der Waals surface area contributed by atoms with E-state index in [-0.39, 0.29) is 17.2 Å². The third kappa shape index (κ3) is 3.58. The zero-order chi connectivity index (χ0) is 12.9. The molecule has 0 bridgehead atoms. The number of aliphatic hydroxyl groups is 1. The van der Waals surface area contributed by atoms with Crippen LogP contribution in [-0.2, 0) is 10.0 Å². The van der Waals surface area contributed by atoms with Gasteiger partial charge < -0.3 is 15.6 Å². The van der Waals surface area contributed by atoms with E-state index in [0.29, 0.717) is 18.8 Å². The molecule has 1 rings (SSSR count). The van der Waals surface area contributed by atoms with Crippen molar-refractivity contribution < 1.29 is 18.3 Å². The van der Waals surface area contributed by atoms with Crippen LogP contribution in [0.15, 0.2) is 23.1 Å². The molecule has 0 atom stereocenters. The Morgan fingerprint density at radius 1 is 1.47 bits per heavy atom. The number of benzene rings is 1. The number of hydrogen-bond acceptors (Lipinski definition) is 5. The number of rotatable bonds is 6. The molecular formula is C10H16N2O4S. The first kappa shape index (κ1) is 13.8. The number of aliphatic hydroxyl groups excluding tert-OH is 1. The summed E-state index contributed by atoms with van der Waals surface area (Å²) in [5, 5.41) is 8.60. The van der Waals surface area contributed by atoms with Gasteiger partial charge in [-0.1, -0.05) is 0 Å². The molecule has 0 aromatic heterocycles. The predicted molar refractivity (Wildman–Crippen MR) is 64.3 cm³/mol. The number of ether oxygens (including phenoxy) is 1. The van der Waals surface area contributed by atoms with E-state index in [9.17, 15) is 8.42 Å². The molecule has 17 heavy (non-hydrogen) atoms. The van der Waals surface area contributed by atoms with Crippen LogP contribution in [0.25, 0.3) is 0 Å². The van der Waals surface area contributed by atoms with E-state index in [1.807, 2.05) is 0 Å². The van der Waals surface area contributed by atoms with Crippen LogP contribution in [0.5, 0.6) is 5.75 Å². The molecule has 1 aromatic carbocycles. The number of nitrogens with one attached hydrogen (secondary N) is 1. The number of nitrogens with two attached hydrogens (primary N) is 1. The predicted octanol–water partition coefficient (Wildman–Crippen LogP) is -0.0619. The van der Waals surface area contributed by atoms with Gasteiger partial charge in [-0.3, -0.25) is 0 Å². The smallest absolute Gasteiger partial charge is 0.240 e. The Balaban J connectivity index is 2.87. The molecule has 0 fully saturated rings. The Labute approximate surface area is 100 Å². The van der Waals surface area contributed by atoms with Crippen LogP contribution >= 0.6 is 0 Å². The Morgan fingerprint density at radius 2 is 2.18 bits per heavy atom. The number of sulfonamides is 1. The second kappa shape index (κ2) is 5.85. The monoisotopic (exact) mass is 260 g/mol. The van der Waals surface area contributed by atoms with Gasteiger partial charge in [-0.15, -0.1) is 0 Å². The minimum atomic E-state index is -3.49. The lowest BCUT2D eigenvalue weighted by atomic mass is 10.3. The van der Waals surface area contributed by atoms with Crippen LogP contribution in [0.4, 0.5) is 5.69 Å². The van der Waals surface area contributed by atoms with Crippen molar-refractivity contribution in [1.82, 2.24) is 4.72 Å². The first-order chi connectivity index (χ1) is 8.01. The van der Waals surface area contributed by atoms with Gasteiger partial charge in [0.2, 0.25) is 10.0 Å². The van der Waals surface area contributed by atoms with Gasteiger partial charge in [-0.05, 0) is 25.2 Å². The maximum Gasteiger partial charge on any atom is 0.240 e. The van der Waals surface area contributed by atoms with Crippen LogP contribution in [0.2, 0.25) is 0 Å². The lowest BCUT2D eigenvalue weighted by Crippen LogP contribution is -2.18. The summed E-state index contributed by atoms with van der Waals surface area (Å²) in [6.45, 7) is 0.366. The van der Waals surface area contributed by atoms with Crippen molar-refractivity contribution >= 4 is 15.7 Å². The van der Waals surface area contributed by atoms with E-state index in [2.05, 4.69) is 4.72 Å². The lowest BCUT2D eigenvalue weighted by molar-refractivity contribution is 0.234. The van der Waals surface area contributed by atoms with Gasteiger partial charge in [0, 0.05) is 13.0 Å². The van der Waals surface area contributed by atoms with Crippen molar-refractivity contribution in [3.05, 3.63) is 18.2 Å². The first-order valence-electron chi connectivity index (χ1n) is 5.08. The highest BCUT2D eigenvalue weighted by atomic mass is 32.2. The van der Waals surface area contributed by atoms with Crippen molar-refractivity contribution in [1.29, 1.82) is 0 Å². The summed E-state index contributed by atoms with van der Waals surface area (Å²) in [4.78, 5) is 0.0898. The second-order valence-electron chi connectivity index (χ2n) is 3.33. The van der Waals surface area contributed by atoms with Crippen molar-refractivity contribution in [2.75, 3.05) is 26.0 Å². The molecule has 96 valence electrons. The Hall–Kier alpha value is -1.31. The average molecular weight is 260 g/mol. The SMILES string of the molecule is CNS(=O)(=O)c1ccc(OCCCO)c(N)c1. The summed E-state index contributed by atoms with van der Waals surface area (Å²) < 4.78 is 30.4. The average Bonchev–Trinajstić information content (AvgIpc) is 2.31. The molecule has 1 aromatic rings. The number of nitrogen functional groups attached to an aromatic ring is 1. The van der Waals surface area contributed by atoms with Crippen LogP contribution in [0.1, 0.15) is 6.42 Å². The van der Waals surface area contributed by atoms with Gasteiger partial charge in [0.15, 0.2) is 0 Å². The fourth-order valence-electron chi connectivity index (χ4n) is 1.19. The standard InChI is InChI=1S/C10H16N2O4S/c1-12-17(14,15)8-3-4-10(9(11)7-8)16-6-2-5-13/h3-4,7,12-13H,2,5-6,11H2,1H3. The number of anilines is 1. The topological polar surface area (TPSA) is 102 Å². The summed E-state index contributed by atoms with van der Waals surface area (Å²) in [6, 6.07) is 4.24. The first-order valence-corrected chi connectivity index (χ1v) is 6.56. The van der Waals surface area contributed by atoms with Gasteiger partial charge >= 0.3 is 0 Å². The second-order valence-corrected chi connectivity index (χ2v) is 5.22. The van der Waals surface area contributed by atoms with E-state index in [1.54, 1.807) is 0 Å². The molecule has 7 heteroatoms. The summed E-state index contributed by atoms with van der Waals surface area (Å²) in [5.41, 5.74) is 5.92. The van der Waals surface area contributed by atoms with Crippen molar-refractivity contribution in [2.45, 2.75) is 11.3 Å². The van der Waals surface area contributed by atoms with Gasteiger partial charge in [0.05, 0.1) is 17.2 Å². The van der Waals surface area contributed by atoms with Crippen LogP contribution in [0, 0.1) is 0 Å². The minimum absolute atomic E-state index is 0.0339. The zero-order valence-corrected chi connectivity index (χ0v) is 10.3. The summed E-state index contributed by atoms with van der Waals surface area (Å²) in [6.07, 6.45) is 0.496. The fourth-order valence-corrected chi connectivity index (χ4v) is 1.95. The molecule has 6 nitrogen and oxygen atoms in total. The van der Waals surface area contributed by atoms with E-state index < -0.39 is 10.0 Å². The molecule has 0 saturated heterocycles. The maximum absolute atomic E-state index is 11.5. The van der Waals surface area contributed by atoms with E-state index in [1.165, 1.54) is 25.2 Å². The molecule has 0 unspecified atom stereocenters. The minimum Gasteiger partial charge on any atom is -0.491 e. The molecule has 0 heterocycles. The maximum atomic E-state index is 11.5. The fraction of sp³-hybridized carbons (Fsp3) is 0.400. The van der Waals surface area contributed by atoms with Crippen molar-refractivity contribution in [3.8, 4) is 5.75 Å². The molecule has 0 aliphatic heterocycles. The van der Waals surface area contributed by atoms with E-state index >= 15 is 0 Å². The van der Waals surface area contributed by atoms with Crippen LogP contribution in [-0.4, -0.2) is 33.8 Å². The van der Waals surface area contributed by atoms with Gasteiger partial charge in [0.1, 0.15) is 5.75 Å². The summed E-state index contributed by atoms with van der Waals surface area (Å²) in [5.74, 6) is 0.411. The molecule has 0 radical (unpaired) electrons. The Morgan fingerprint density at radius 3 is 2.71 bits per heavy atom. The highest BCUT2D eigenvalue weighted by molar-refractivity contribution is 7.89. The van der Waals surface area contributed by atoms with Crippen molar-refractivity contribution in [3.63, 3.8) is 0 Å². The molecule has 0 amide bonds. The largest absolute Gasteiger partial charge is 0.491 e. The van der Waals surface area contributed by atoms with Crippen LogP contribution < -0.4 is 15.2 Å². The molecular weight excluding hydrogens is 244 g/mol. The highest BCUT2D eigenvalue weighted by Gasteiger charge is 2.13. The quantitative estimate of drug-likeness (QED) is 0.491. The molecule has 0 saturated carbocycles. The van der Waals surface area contributed by atoms with Gasteiger partial charge in [0.25, 0.3) is 0 Å². The third-order valence-electron chi connectivity index (χ3n) is 2.12.